The van der Waals surface area contributed by atoms with E-state index < -0.39 is 17.8 Å². The minimum absolute atomic E-state index is 0.0799. The first kappa shape index (κ1) is 19.5. The van der Waals surface area contributed by atoms with Crippen LogP contribution in [0, 0.1) is 11.3 Å². The second-order valence-electron chi connectivity index (χ2n) is 6.78. The predicted molar refractivity (Wildman–Crippen MR) is 93.3 cm³/mol. The lowest BCUT2D eigenvalue weighted by molar-refractivity contribution is -0.108. The third-order valence-corrected chi connectivity index (χ3v) is 3.82. The van der Waals surface area contributed by atoms with E-state index in [1.54, 1.807) is 17.0 Å². The number of amides is 1. The van der Waals surface area contributed by atoms with Crippen LogP contribution in [0.5, 0.6) is 0 Å². The van der Waals surface area contributed by atoms with Crippen LogP contribution in [-0.4, -0.2) is 49.0 Å². The fourth-order valence-corrected chi connectivity index (χ4v) is 2.78. The summed E-state index contributed by atoms with van der Waals surface area (Å²) < 4.78 is 16.9. The SMILES string of the molecule is CC(C)(C)OC(=O)N1CCOC([C@@H](OCC#N)c2cccc(Cl)c2)C1. The van der Waals surface area contributed by atoms with Gasteiger partial charge < -0.3 is 19.1 Å². The molecule has 1 aliphatic rings. The first-order chi connectivity index (χ1) is 11.8. The van der Waals surface area contributed by atoms with Gasteiger partial charge in [-0.15, -0.1) is 0 Å². The third kappa shape index (κ3) is 5.89. The fraction of sp³-hybridized carbons (Fsp3) is 0.556. The monoisotopic (exact) mass is 366 g/mol. The number of carbonyl (C=O) groups is 1. The molecule has 1 aromatic carbocycles. The molecule has 7 heteroatoms. The number of benzene rings is 1. The molecular weight excluding hydrogens is 344 g/mol. The van der Waals surface area contributed by atoms with Crippen LogP contribution in [0.4, 0.5) is 4.79 Å². The Morgan fingerprint density at radius 1 is 1.52 bits per heavy atom. The van der Waals surface area contributed by atoms with Crippen molar-refractivity contribution >= 4 is 17.7 Å². The van der Waals surface area contributed by atoms with Crippen LogP contribution < -0.4 is 0 Å². The first-order valence-corrected chi connectivity index (χ1v) is 8.51. The van der Waals surface area contributed by atoms with Crippen LogP contribution in [0.15, 0.2) is 24.3 Å². The van der Waals surface area contributed by atoms with Crippen molar-refractivity contribution in [2.75, 3.05) is 26.3 Å². The van der Waals surface area contributed by atoms with Crippen LogP contribution in [0.2, 0.25) is 5.02 Å². The molecule has 1 aliphatic heterocycles. The molecule has 1 amide bonds. The molecule has 6 nitrogen and oxygen atoms in total. The summed E-state index contributed by atoms with van der Waals surface area (Å²) in [6, 6.07) is 9.19. The van der Waals surface area contributed by atoms with E-state index in [-0.39, 0.29) is 12.7 Å². The largest absolute Gasteiger partial charge is 0.444 e. The Labute approximate surface area is 153 Å². The van der Waals surface area contributed by atoms with Gasteiger partial charge in [0.25, 0.3) is 0 Å². The number of nitrogens with zero attached hydrogens (tertiary/aromatic N) is 2. The molecule has 0 aromatic heterocycles. The van der Waals surface area contributed by atoms with E-state index in [1.165, 1.54) is 0 Å². The van der Waals surface area contributed by atoms with Gasteiger partial charge in [-0.2, -0.15) is 5.26 Å². The van der Waals surface area contributed by atoms with Crippen molar-refractivity contribution in [3.63, 3.8) is 0 Å². The molecule has 0 radical (unpaired) electrons. The summed E-state index contributed by atoms with van der Waals surface area (Å²) in [5.74, 6) is 0. The highest BCUT2D eigenvalue weighted by atomic mass is 35.5. The van der Waals surface area contributed by atoms with Crippen molar-refractivity contribution < 1.29 is 19.0 Å². The zero-order valence-corrected chi connectivity index (χ0v) is 15.5. The van der Waals surface area contributed by atoms with Crippen molar-refractivity contribution in [2.24, 2.45) is 0 Å². The smallest absolute Gasteiger partial charge is 0.410 e. The van der Waals surface area contributed by atoms with Crippen molar-refractivity contribution in [3.05, 3.63) is 34.9 Å². The Balaban J connectivity index is 2.14. The van der Waals surface area contributed by atoms with E-state index in [4.69, 9.17) is 31.1 Å². The molecule has 0 bridgehead atoms. The van der Waals surface area contributed by atoms with Crippen LogP contribution in [0.3, 0.4) is 0 Å². The average Bonchev–Trinajstić information content (AvgIpc) is 2.54. The molecule has 0 saturated carbocycles. The maximum absolute atomic E-state index is 12.3. The summed E-state index contributed by atoms with van der Waals surface area (Å²) >= 11 is 6.07. The molecule has 1 unspecified atom stereocenters. The van der Waals surface area contributed by atoms with Crippen molar-refractivity contribution in [1.29, 1.82) is 5.26 Å². The Kier molecular flexibility index (Phi) is 6.65. The quantitative estimate of drug-likeness (QED) is 0.814. The van der Waals surface area contributed by atoms with Gasteiger partial charge in [0, 0.05) is 11.6 Å². The summed E-state index contributed by atoms with van der Waals surface area (Å²) in [6.45, 7) is 6.54. The lowest BCUT2D eigenvalue weighted by atomic mass is 10.0. The highest BCUT2D eigenvalue weighted by Gasteiger charge is 2.34. The second kappa shape index (κ2) is 8.52. The summed E-state index contributed by atoms with van der Waals surface area (Å²) in [7, 11) is 0. The minimum atomic E-state index is -0.561. The van der Waals surface area contributed by atoms with Gasteiger partial charge >= 0.3 is 6.09 Å². The number of morpholine rings is 1. The van der Waals surface area contributed by atoms with Crippen molar-refractivity contribution in [1.82, 2.24) is 4.90 Å². The number of nitriles is 1. The van der Waals surface area contributed by atoms with Gasteiger partial charge in [0.05, 0.1) is 19.2 Å². The fourth-order valence-electron chi connectivity index (χ4n) is 2.58. The van der Waals surface area contributed by atoms with E-state index in [0.29, 0.717) is 24.7 Å². The number of hydrogen-bond donors (Lipinski definition) is 0. The Morgan fingerprint density at radius 2 is 2.28 bits per heavy atom. The highest BCUT2D eigenvalue weighted by Crippen LogP contribution is 2.28. The molecule has 2 atom stereocenters. The van der Waals surface area contributed by atoms with Gasteiger partial charge in [-0.25, -0.2) is 4.79 Å². The van der Waals surface area contributed by atoms with E-state index >= 15 is 0 Å². The molecule has 0 spiro atoms. The molecule has 0 N–H and O–H groups in total. The van der Waals surface area contributed by atoms with Crippen LogP contribution in [-0.2, 0) is 14.2 Å². The number of hydrogen-bond acceptors (Lipinski definition) is 5. The Bertz CT molecular complexity index is 639. The molecule has 136 valence electrons. The lowest BCUT2D eigenvalue weighted by Crippen LogP contribution is -2.49. The van der Waals surface area contributed by atoms with Gasteiger partial charge in [0.15, 0.2) is 0 Å². The standard InChI is InChI=1S/C18H23ClN2O4/c1-18(2,3)25-17(22)21-8-10-23-15(12-21)16(24-9-7-20)13-5-4-6-14(19)11-13/h4-6,11,15-16H,8-10,12H2,1-3H3/t15?,16-/m0/s1. The normalized spacial score (nSPS) is 19.2. The van der Waals surface area contributed by atoms with Gasteiger partial charge in [0.2, 0.25) is 0 Å². The number of ether oxygens (including phenoxy) is 3. The molecule has 1 aromatic rings. The third-order valence-electron chi connectivity index (χ3n) is 3.59. The molecule has 1 fully saturated rings. The van der Waals surface area contributed by atoms with E-state index in [0.717, 1.165) is 5.56 Å². The molecule has 0 aliphatic carbocycles. The highest BCUT2D eigenvalue weighted by molar-refractivity contribution is 6.30. The van der Waals surface area contributed by atoms with Crippen molar-refractivity contribution in [2.45, 2.75) is 38.6 Å². The minimum Gasteiger partial charge on any atom is -0.444 e. The molecule has 2 rings (SSSR count). The van der Waals surface area contributed by atoms with Gasteiger partial charge in [-0.1, -0.05) is 23.7 Å². The lowest BCUT2D eigenvalue weighted by Gasteiger charge is -2.37. The molecular formula is C18H23ClN2O4. The first-order valence-electron chi connectivity index (χ1n) is 8.13. The van der Waals surface area contributed by atoms with E-state index in [9.17, 15) is 4.79 Å². The maximum Gasteiger partial charge on any atom is 0.410 e. The zero-order valence-electron chi connectivity index (χ0n) is 14.7. The van der Waals surface area contributed by atoms with Gasteiger partial charge in [0.1, 0.15) is 24.4 Å². The Morgan fingerprint density at radius 3 is 2.92 bits per heavy atom. The molecule has 1 heterocycles. The van der Waals surface area contributed by atoms with Gasteiger partial charge in [-0.3, -0.25) is 0 Å². The summed E-state index contributed by atoms with van der Waals surface area (Å²) in [5.41, 5.74) is 0.243. The number of rotatable bonds is 4. The number of halogens is 1. The maximum atomic E-state index is 12.3. The molecule has 1 saturated heterocycles. The second-order valence-corrected chi connectivity index (χ2v) is 7.22. The summed E-state index contributed by atoms with van der Waals surface area (Å²) in [5, 5.41) is 9.43. The predicted octanol–water partition coefficient (Wildman–Crippen LogP) is 3.56. The summed E-state index contributed by atoms with van der Waals surface area (Å²) in [6.07, 6.45) is -1.29. The zero-order chi connectivity index (χ0) is 18.4. The van der Waals surface area contributed by atoms with Crippen LogP contribution >= 0.6 is 11.6 Å². The van der Waals surface area contributed by atoms with Crippen LogP contribution in [0.25, 0.3) is 0 Å². The van der Waals surface area contributed by atoms with E-state index in [2.05, 4.69) is 0 Å². The van der Waals surface area contributed by atoms with Crippen molar-refractivity contribution in [3.8, 4) is 6.07 Å². The van der Waals surface area contributed by atoms with E-state index in [1.807, 2.05) is 39.0 Å². The summed E-state index contributed by atoms with van der Waals surface area (Å²) in [4.78, 5) is 13.9. The Hall–Kier alpha value is -1.81. The van der Waals surface area contributed by atoms with Gasteiger partial charge in [-0.05, 0) is 38.5 Å². The number of carbonyl (C=O) groups excluding carboxylic acids is 1. The topological polar surface area (TPSA) is 71.8 Å². The average molecular weight is 367 g/mol. The van der Waals surface area contributed by atoms with Crippen LogP contribution in [0.1, 0.15) is 32.4 Å². The molecule has 25 heavy (non-hydrogen) atoms.